The van der Waals surface area contributed by atoms with Crippen molar-refractivity contribution in [1.29, 1.82) is 0 Å². The van der Waals surface area contributed by atoms with Crippen molar-refractivity contribution >= 4 is 17.7 Å². The number of furan rings is 1. The standard InChI is InChI=1S/C14H13FN2O4/c15-9-3-4-11(13(18)19)12(8-9)17-14(20)16-6-5-10-2-1-7-21-10/h1-4,7-8H,5-6H2,(H,18,19)(H2,16,17,20). The number of carbonyl (C=O) groups excluding carboxylic acids is 1. The Morgan fingerprint density at radius 2 is 2.10 bits per heavy atom. The summed E-state index contributed by atoms with van der Waals surface area (Å²) in [6, 6.07) is 5.96. The van der Waals surface area contributed by atoms with E-state index >= 15 is 0 Å². The number of hydrogen-bond donors (Lipinski definition) is 3. The van der Waals surface area contributed by atoms with Crippen molar-refractivity contribution in [3.05, 3.63) is 53.7 Å². The molecule has 110 valence electrons. The maximum absolute atomic E-state index is 13.1. The molecule has 3 N–H and O–H groups in total. The first-order chi connectivity index (χ1) is 10.1. The Labute approximate surface area is 119 Å². The molecule has 0 fully saturated rings. The Balaban J connectivity index is 1.93. The number of carbonyl (C=O) groups is 2. The average molecular weight is 292 g/mol. The highest BCUT2D eigenvalue weighted by atomic mass is 19.1. The predicted molar refractivity (Wildman–Crippen MR) is 72.8 cm³/mol. The lowest BCUT2D eigenvalue weighted by Crippen LogP contribution is -2.31. The third-order valence-electron chi connectivity index (χ3n) is 2.70. The fraction of sp³-hybridized carbons (Fsp3) is 0.143. The maximum atomic E-state index is 13.1. The molecule has 0 aliphatic heterocycles. The molecule has 2 amide bonds. The van der Waals surface area contributed by atoms with Gasteiger partial charge in [-0.25, -0.2) is 14.0 Å². The van der Waals surface area contributed by atoms with Crippen molar-refractivity contribution < 1.29 is 23.5 Å². The number of halogens is 1. The Kier molecular flexibility index (Phi) is 4.55. The number of hydrogen-bond acceptors (Lipinski definition) is 3. The number of carboxylic acid groups (broad SMARTS) is 1. The van der Waals surface area contributed by atoms with Crippen molar-refractivity contribution in [2.75, 3.05) is 11.9 Å². The summed E-state index contributed by atoms with van der Waals surface area (Å²) in [5.74, 6) is -1.17. The summed E-state index contributed by atoms with van der Waals surface area (Å²) in [5, 5.41) is 13.8. The number of carboxylic acids is 1. The SMILES string of the molecule is O=C(NCCc1ccco1)Nc1cc(F)ccc1C(=O)O. The molecule has 0 unspecified atom stereocenters. The third-order valence-corrected chi connectivity index (χ3v) is 2.70. The number of anilines is 1. The van der Waals surface area contributed by atoms with Gasteiger partial charge in [-0.2, -0.15) is 0 Å². The van der Waals surface area contributed by atoms with E-state index in [2.05, 4.69) is 10.6 Å². The molecular weight excluding hydrogens is 279 g/mol. The minimum atomic E-state index is -1.25. The molecule has 0 aliphatic rings. The highest BCUT2D eigenvalue weighted by Crippen LogP contribution is 2.17. The Hall–Kier alpha value is -2.83. The van der Waals surface area contributed by atoms with Gasteiger partial charge in [0.25, 0.3) is 0 Å². The quantitative estimate of drug-likeness (QED) is 0.789. The number of rotatable bonds is 5. The van der Waals surface area contributed by atoms with Crippen molar-refractivity contribution in [1.82, 2.24) is 5.32 Å². The minimum absolute atomic E-state index is 0.0991. The van der Waals surface area contributed by atoms with Crippen LogP contribution in [-0.2, 0) is 6.42 Å². The molecule has 0 saturated carbocycles. The van der Waals surface area contributed by atoms with Gasteiger partial charge in [0, 0.05) is 13.0 Å². The van der Waals surface area contributed by atoms with Crippen LogP contribution < -0.4 is 10.6 Å². The zero-order valence-electron chi connectivity index (χ0n) is 10.9. The monoisotopic (exact) mass is 292 g/mol. The fourth-order valence-electron chi connectivity index (χ4n) is 1.73. The molecule has 7 heteroatoms. The second-order valence-corrected chi connectivity index (χ2v) is 4.21. The van der Waals surface area contributed by atoms with E-state index < -0.39 is 17.8 Å². The van der Waals surface area contributed by atoms with E-state index in [1.165, 1.54) is 6.26 Å². The van der Waals surface area contributed by atoms with Gasteiger partial charge in [-0.1, -0.05) is 0 Å². The second kappa shape index (κ2) is 6.56. The van der Waals surface area contributed by atoms with E-state index in [-0.39, 0.29) is 11.3 Å². The molecule has 0 saturated heterocycles. The first kappa shape index (κ1) is 14.6. The summed E-state index contributed by atoms with van der Waals surface area (Å²) < 4.78 is 18.2. The van der Waals surface area contributed by atoms with Gasteiger partial charge in [0.15, 0.2) is 0 Å². The molecule has 0 spiro atoms. The van der Waals surface area contributed by atoms with Crippen LogP contribution in [0.25, 0.3) is 0 Å². The summed E-state index contributed by atoms with van der Waals surface area (Å²) in [6.45, 7) is 0.303. The molecule has 0 atom stereocenters. The summed E-state index contributed by atoms with van der Waals surface area (Å²) >= 11 is 0. The van der Waals surface area contributed by atoms with Crippen LogP contribution >= 0.6 is 0 Å². The number of aromatic carboxylic acids is 1. The second-order valence-electron chi connectivity index (χ2n) is 4.21. The molecule has 1 aromatic carbocycles. The molecule has 0 radical (unpaired) electrons. The van der Waals surface area contributed by atoms with Crippen molar-refractivity contribution in [2.24, 2.45) is 0 Å². The van der Waals surface area contributed by atoms with Crippen molar-refractivity contribution in [3.8, 4) is 0 Å². The van der Waals surface area contributed by atoms with Gasteiger partial charge >= 0.3 is 12.0 Å². The Morgan fingerprint density at radius 3 is 2.76 bits per heavy atom. The van der Waals surface area contributed by atoms with Gasteiger partial charge in [-0.15, -0.1) is 0 Å². The molecule has 0 aliphatic carbocycles. The van der Waals surface area contributed by atoms with Crippen LogP contribution in [0.2, 0.25) is 0 Å². The summed E-state index contributed by atoms with van der Waals surface area (Å²) in [7, 11) is 0. The van der Waals surface area contributed by atoms with Crippen LogP contribution in [0.4, 0.5) is 14.9 Å². The van der Waals surface area contributed by atoms with Crippen molar-refractivity contribution in [3.63, 3.8) is 0 Å². The van der Waals surface area contributed by atoms with E-state index in [9.17, 15) is 14.0 Å². The topological polar surface area (TPSA) is 91.6 Å². The van der Waals surface area contributed by atoms with Crippen LogP contribution in [-0.4, -0.2) is 23.7 Å². The lowest BCUT2D eigenvalue weighted by atomic mass is 10.2. The van der Waals surface area contributed by atoms with E-state index in [4.69, 9.17) is 9.52 Å². The molecule has 1 heterocycles. The lowest BCUT2D eigenvalue weighted by Gasteiger charge is -2.09. The lowest BCUT2D eigenvalue weighted by molar-refractivity contribution is 0.0698. The fourth-order valence-corrected chi connectivity index (χ4v) is 1.73. The van der Waals surface area contributed by atoms with Gasteiger partial charge in [-0.05, 0) is 30.3 Å². The van der Waals surface area contributed by atoms with Crippen LogP contribution in [0.3, 0.4) is 0 Å². The first-order valence-corrected chi connectivity index (χ1v) is 6.16. The van der Waals surface area contributed by atoms with Crippen LogP contribution in [0.5, 0.6) is 0 Å². The van der Waals surface area contributed by atoms with E-state index in [0.717, 1.165) is 18.2 Å². The van der Waals surface area contributed by atoms with E-state index in [1.54, 1.807) is 12.1 Å². The third kappa shape index (κ3) is 4.07. The van der Waals surface area contributed by atoms with Gasteiger partial charge in [-0.3, -0.25) is 0 Å². The van der Waals surface area contributed by atoms with Crippen LogP contribution in [0.1, 0.15) is 16.1 Å². The average Bonchev–Trinajstić information content (AvgIpc) is 2.91. The largest absolute Gasteiger partial charge is 0.478 e. The molecular formula is C14H13FN2O4. The smallest absolute Gasteiger partial charge is 0.337 e. The molecule has 0 bridgehead atoms. The maximum Gasteiger partial charge on any atom is 0.337 e. The summed E-state index contributed by atoms with van der Waals surface area (Å²) in [5.41, 5.74) is -0.282. The van der Waals surface area contributed by atoms with Crippen LogP contribution in [0, 0.1) is 5.82 Å². The zero-order valence-corrected chi connectivity index (χ0v) is 10.9. The molecule has 1 aromatic heterocycles. The number of nitrogens with one attached hydrogen (secondary N) is 2. The molecule has 21 heavy (non-hydrogen) atoms. The number of amides is 2. The summed E-state index contributed by atoms with van der Waals surface area (Å²) in [6.07, 6.45) is 2.02. The molecule has 2 rings (SSSR count). The first-order valence-electron chi connectivity index (χ1n) is 6.16. The van der Waals surface area contributed by atoms with Gasteiger partial charge in [0.05, 0.1) is 17.5 Å². The molecule has 2 aromatic rings. The predicted octanol–water partition coefficient (Wildman–Crippen LogP) is 2.48. The highest BCUT2D eigenvalue weighted by molar-refractivity contribution is 5.99. The van der Waals surface area contributed by atoms with Gasteiger partial charge < -0.3 is 20.2 Å². The number of benzene rings is 1. The normalized spacial score (nSPS) is 10.1. The van der Waals surface area contributed by atoms with Crippen molar-refractivity contribution in [2.45, 2.75) is 6.42 Å². The molecule has 6 nitrogen and oxygen atoms in total. The Morgan fingerprint density at radius 1 is 1.29 bits per heavy atom. The Bertz CT molecular complexity index is 640. The number of urea groups is 1. The minimum Gasteiger partial charge on any atom is -0.478 e. The van der Waals surface area contributed by atoms with Gasteiger partial charge in [0.1, 0.15) is 11.6 Å². The zero-order chi connectivity index (χ0) is 15.2. The highest BCUT2D eigenvalue weighted by Gasteiger charge is 2.13. The van der Waals surface area contributed by atoms with E-state index in [1.807, 2.05) is 0 Å². The summed E-state index contributed by atoms with van der Waals surface area (Å²) in [4.78, 5) is 22.6. The van der Waals surface area contributed by atoms with E-state index in [0.29, 0.717) is 18.7 Å². The van der Waals surface area contributed by atoms with Crippen LogP contribution in [0.15, 0.2) is 41.0 Å². The van der Waals surface area contributed by atoms with Gasteiger partial charge in [0.2, 0.25) is 0 Å².